The summed E-state index contributed by atoms with van der Waals surface area (Å²) in [6.45, 7) is 0.924. The maximum Gasteiger partial charge on any atom is 0.168 e. The van der Waals surface area contributed by atoms with E-state index in [9.17, 15) is 0 Å². The number of hydrogen-bond acceptors (Lipinski definition) is 4. The third kappa shape index (κ3) is 2.63. The SMILES string of the molecule is CN(C)c1ccc(C2=CSC3=N[C@H](c4ccccc4)CN23)cc1. The fourth-order valence-electron chi connectivity index (χ4n) is 2.97. The molecule has 2 aliphatic heterocycles. The lowest BCUT2D eigenvalue weighted by molar-refractivity contribution is 0.577. The Balaban J connectivity index is 1.56. The molecule has 2 aromatic carbocycles. The molecule has 2 aromatic rings. The fourth-order valence-corrected chi connectivity index (χ4v) is 3.94. The molecule has 116 valence electrons. The summed E-state index contributed by atoms with van der Waals surface area (Å²) < 4.78 is 0. The molecular formula is C19H19N3S. The van der Waals surface area contributed by atoms with Crippen molar-refractivity contribution in [3.05, 3.63) is 71.1 Å². The van der Waals surface area contributed by atoms with E-state index in [0.717, 1.165) is 11.7 Å². The minimum Gasteiger partial charge on any atom is -0.378 e. The van der Waals surface area contributed by atoms with Crippen molar-refractivity contribution in [1.29, 1.82) is 0 Å². The smallest absolute Gasteiger partial charge is 0.168 e. The van der Waals surface area contributed by atoms with Crippen molar-refractivity contribution in [1.82, 2.24) is 4.90 Å². The van der Waals surface area contributed by atoms with E-state index in [-0.39, 0.29) is 6.04 Å². The zero-order valence-electron chi connectivity index (χ0n) is 13.3. The summed E-state index contributed by atoms with van der Waals surface area (Å²) in [5.41, 5.74) is 5.02. The van der Waals surface area contributed by atoms with Crippen molar-refractivity contribution in [3.8, 4) is 0 Å². The van der Waals surface area contributed by atoms with Crippen LogP contribution in [0.5, 0.6) is 0 Å². The lowest BCUT2D eigenvalue weighted by Gasteiger charge is -2.19. The van der Waals surface area contributed by atoms with Gasteiger partial charge in [-0.15, -0.1) is 0 Å². The number of benzene rings is 2. The molecule has 0 unspecified atom stereocenters. The molecule has 0 aliphatic carbocycles. The van der Waals surface area contributed by atoms with Crippen LogP contribution in [0.4, 0.5) is 5.69 Å². The lowest BCUT2D eigenvalue weighted by atomic mass is 10.1. The molecule has 0 spiro atoms. The first-order chi connectivity index (χ1) is 11.2. The molecule has 2 heterocycles. The average Bonchev–Trinajstić information content (AvgIpc) is 3.16. The molecule has 4 heteroatoms. The number of fused-ring (bicyclic) bond motifs is 1. The Labute approximate surface area is 141 Å². The van der Waals surface area contributed by atoms with Crippen molar-refractivity contribution < 1.29 is 0 Å². The number of nitrogens with zero attached hydrogens (tertiary/aromatic N) is 3. The molecule has 0 amide bonds. The van der Waals surface area contributed by atoms with Crippen LogP contribution in [0, 0.1) is 0 Å². The van der Waals surface area contributed by atoms with Crippen LogP contribution in [0.25, 0.3) is 5.70 Å². The van der Waals surface area contributed by atoms with Crippen LogP contribution >= 0.6 is 11.8 Å². The second-order valence-electron chi connectivity index (χ2n) is 6.01. The van der Waals surface area contributed by atoms with Gasteiger partial charge in [0.2, 0.25) is 0 Å². The first kappa shape index (κ1) is 14.4. The summed E-state index contributed by atoms with van der Waals surface area (Å²) in [6.07, 6.45) is 0. The van der Waals surface area contributed by atoms with Crippen LogP contribution in [-0.2, 0) is 0 Å². The average molecular weight is 321 g/mol. The van der Waals surface area contributed by atoms with E-state index in [1.807, 2.05) is 0 Å². The summed E-state index contributed by atoms with van der Waals surface area (Å²) in [6, 6.07) is 19.5. The quantitative estimate of drug-likeness (QED) is 0.844. The maximum atomic E-state index is 4.89. The van der Waals surface area contributed by atoms with Crippen molar-refractivity contribution in [2.24, 2.45) is 4.99 Å². The molecule has 0 bridgehead atoms. The Morgan fingerprint density at radius 1 is 1.04 bits per heavy atom. The Kier molecular flexibility index (Phi) is 3.62. The number of anilines is 1. The summed E-state index contributed by atoms with van der Waals surface area (Å²) in [5, 5.41) is 3.33. The molecule has 0 N–H and O–H groups in total. The molecule has 2 aliphatic rings. The first-order valence-electron chi connectivity index (χ1n) is 7.77. The maximum absolute atomic E-state index is 4.89. The van der Waals surface area contributed by atoms with Gasteiger partial charge in [-0.1, -0.05) is 54.2 Å². The van der Waals surface area contributed by atoms with Gasteiger partial charge in [-0.3, -0.25) is 4.99 Å². The van der Waals surface area contributed by atoms with Gasteiger partial charge in [0, 0.05) is 25.2 Å². The molecule has 23 heavy (non-hydrogen) atoms. The highest BCUT2D eigenvalue weighted by molar-refractivity contribution is 8.16. The Morgan fingerprint density at radius 2 is 1.78 bits per heavy atom. The predicted octanol–water partition coefficient (Wildman–Crippen LogP) is 4.21. The van der Waals surface area contributed by atoms with E-state index >= 15 is 0 Å². The number of rotatable bonds is 3. The summed E-state index contributed by atoms with van der Waals surface area (Å²) in [4.78, 5) is 9.35. The molecule has 0 aromatic heterocycles. The Hall–Kier alpha value is -2.20. The lowest BCUT2D eigenvalue weighted by Crippen LogP contribution is -2.21. The second-order valence-corrected chi connectivity index (χ2v) is 6.85. The van der Waals surface area contributed by atoms with Crippen LogP contribution < -0.4 is 4.90 Å². The van der Waals surface area contributed by atoms with Crippen molar-refractivity contribution >= 4 is 28.3 Å². The predicted molar refractivity (Wildman–Crippen MR) is 99.7 cm³/mol. The van der Waals surface area contributed by atoms with Crippen LogP contribution in [0.1, 0.15) is 17.2 Å². The molecule has 0 fully saturated rings. The standard InChI is InChI=1S/C19H19N3S/c1-21(2)16-10-8-15(9-11-16)18-13-23-19-20-17(12-22(18)19)14-6-4-3-5-7-14/h3-11,13,17H,12H2,1-2H3/t17-/m0/s1. The van der Waals surface area contributed by atoms with Gasteiger partial charge in [-0.25, -0.2) is 0 Å². The molecular weight excluding hydrogens is 302 g/mol. The zero-order valence-corrected chi connectivity index (χ0v) is 14.1. The van der Waals surface area contributed by atoms with Gasteiger partial charge in [0.15, 0.2) is 5.17 Å². The van der Waals surface area contributed by atoms with Crippen LogP contribution in [0.3, 0.4) is 0 Å². The van der Waals surface area contributed by atoms with Gasteiger partial charge in [-0.05, 0) is 23.3 Å². The van der Waals surface area contributed by atoms with E-state index in [1.54, 1.807) is 11.8 Å². The van der Waals surface area contributed by atoms with Crippen molar-refractivity contribution in [2.45, 2.75) is 6.04 Å². The topological polar surface area (TPSA) is 18.8 Å². The van der Waals surface area contributed by atoms with Crippen LogP contribution in [0.2, 0.25) is 0 Å². The monoisotopic (exact) mass is 321 g/mol. The minimum absolute atomic E-state index is 0.239. The molecule has 0 radical (unpaired) electrons. The highest BCUT2D eigenvalue weighted by atomic mass is 32.2. The molecule has 3 nitrogen and oxygen atoms in total. The van der Waals surface area contributed by atoms with Crippen molar-refractivity contribution in [3.63, 3.8) is 0 Å². The molecule has 0 saturated heterocycles. The number of thioether (sulfide) groups is 1. The number of aliphatic imine (C=N–C) groups is 1. The minimum atomic E-state index is 0.239. The zero-order chi connectivity index (χ0) is 15.8. The molecule has 1 atom stereocenters. The van der Waals surface area contributed by atoms with E-state index < -0.39 is 0 Å². The van der Waals surface area contributed by atoms with E-state index in [2.05, 4.69) is 83.9 Å². The summed E-state index contributed by atoms with van der Waals surface area (Å²) in [5.74, 6) is 0. The summed E-state index contributed by atoms with van der Waals surface area (Å²) in [7, 11) is 4.13. The van der Waals surface area contributed by atoms with Crippen LogP contribution in [0.15, 0.2) is 65.0 Å². The number of hydrogen-bond donors (Lipinski definition) is 0. The third-order valence-corrected chi connectivity index (χ3v) is 5.16. The van der Waals surface area contributed by atoms with Crippen molar-refractivity contribution in [2.75, 3.05) is 25.5 Å². The second kappa shape index (κ2) is 5.78. The largest absolute Gasteiger partial charge is 0.378 e. The van der Waals surface area contributed by atoms with Gasteiger partial charge in [-0.2, -0.15) is 0 Å². The normalized spacial score (nSPS) is 19.4. The molecule has 4 rings (SSSR count). The van der Waals surface area contributed by atoms with Gasteiger partial charge in [0.05, 0.1) is 18.3 Å². The van der Waals surface area contributed by atoms with Gasteiger partial charge < -0.3 is 9.80 Å². The van der Waals surface area contributed by atoms with Gasteiger partial charge in [0.25, 0.3) is 0 Å². The van der Waals surface area contributed by atoms with Gasteiger partial charge >= 0.3 is 0 Å². The number of amidine groups is 1. The van der Waals surface area contributed by atoms with E-state index in [1.165, 1.54) is 22.5 Å². The molecule has 0 saturated carbocycles. The Morgan fingerprint density at radius 3 is 2.48 bits per heavy atom. The first-order valence-corrected chi connectivity index (χ1v) is 8.65. The van der Waals surface area contributed by atoms with E-state index in [4.69, 9.17) is 4.99 Å². The van der Waals surface area contributed by atoms with Crippen LogP contribution in [-0.4, -0.2) is 30.7 Å². The van der Waals surface area contributed by atoms with Gasteiger partial charge in [0.1, 0.15) is 0 Å². The third-order valence-electron chi connectivity index (χ3n) is 4.28. The summed E-state index contributed by atoms with van der Waals surface area (Å²) >= 11 is 1.73. The highest BCUT2D eigenvalue weighted by Gasteiger charge is 2.32. The fraction of sp³-hybridized carbons (Fsp3) is 0.211. The van der Waals surface area contributed by atoms with E-state index in [0.29, 0.717) is 0 Å². The Bertz CT molecular complexity index is 763. The highest BCUT2D eigenvalue weighted by Crippen LogP contribution is 2.40.